The molecule has 1 unspecified atom stereocenters. The van der Waals surface area contributed by atoms with Gasteiger partial charge in [0.25, 0.3) is 0 Å². The van der Waals surface area contributed by atoms with Crippen molar-refractivity contribution in [3.05, 3.63) is 83.4 Å². The van der Waals surface area contributed by atoms with Gasteiger partial charge in [-0.25, -0.2) is 0 Å². The van der Waals surface area contributed by atoms with Gasteiger partial charge in [-0.2, -0.15) is 0 Å². The smallest absolute Gasteiger partial charge is 0.0944 e. The van der Waals surface area contributed by atoms with Gasteiger partial charge >= 0.3 is 0 Å². The molecule has 0 fully saturated rings. The molecule has 0 N–H and O–H groups in total. The Morgan fingerprint density at radius 1 is 0.833 bits per heavy atom. The monoisotopic (exact) mass is 233 g/mol. The van der Waals surface area contributed by atoms with Crippen LogP contribution >= 0.6 is 0 Å². The van der Waals surface area contributed by atoms with E-state index in [0.717, 1.165) is 5.71 Å². The maximum absolute atomic E-state index is 4.83. The molecule has 3 rings (SSSR count). The van der Waals surface area contributed by atoms with E-state index in [9.17, 15) is 0 Å². The van der Waals surface area contributed by atoms with Crippen LogP contribution in [0.1, 0.15) is 24.1 Å². The zero-order valence-electron chi connectivity index (χ0n) is 10.4. The molecule has 1 heterocycles. The first-order valence-electron chi connectivity index (χ1n) is 6.21. The molecular weight excluding hydrogens is 218 g/mol. The van der Waals surface area contributed by atoms with Gasteiger partial charge < -0.3 is 0 Å². The molecule has 0 spiro atoms. The van der Waals surface area contributed by atoms with E-state index in [4.69, 9.17) is 4.99 Å². The highest BCUT2D eigenvalue weighted by molar-refractivity contribution is 6.13. The predicted octanol–water partition coefficient (Wildman–Crippen LogP) is 4.18. The van der Waals surface area contributed by atoms with E-state index in [1.165, 1.54) is 16.7 Å². The molecule has 18 heavy (non-hydrogen) atoms. The van der Waals surface area contributed by atoms with E-state index >= 15 is 0 Å². The molecule has 88 valence electrons. The first-order chi connectivity index (χ1) is 8.84. The van der Waals surface area contributed by atoms with Crippen LogP contribution in [-0.4, -0.2) is 5.71 Å². The molecule has 2 aromatic carbocycles. The second-order valence-electron chi connectivity index (χ2n) is 4.55. The SMILES string of the molecule is CC1=CC(c2ccccc2)N=C1c1ccccc1. The minimum Gasteiger partial charge on any atom is -0.272 e. The first kappa shape index (κ1) is 11.0. The summed E-state index contributed by atoms with van der Waals surface area (Å²) in [5.41, 5.74) is 4.83. The number of benzene rings is 2. The van der Waals surface area contributed by atoms with Crippen LogP contribution in [0, 0.1) is 0 Å². The average molecular weight is 233 g/mol. The third kappa shape index (κ3) is 2.00. The lowest BCUT2D eigenvalue weighted by Crippen LogP contribution is -1.98. The summed E-state index contributed by atoms with van der Waals surface area (Å²) in [7, 11) is 0. The Kier molecular flexibility index (Phi) is 2.81. The van der Waals surface area contributed by atoms with Crippen LogP contribution < -0.4 is 0 Å². The lowest BCUT2D eigenvalue weighted by Gasteiger charge is -2.04. The van der Waals surface area contributed by atoms with Crippen molar-refractivity contribution in [1.82, 2.24) is 0 Å². The molecule has 2 aromatic rings. The Balaban J connectivity index is 1.98. The van der Waals surface area contributed by atoms with E-state index in [-0.39, 0.29) is 6.04 Å². The summed E-state index contributed by atoms with van der Waals surface area (Å²) in [6.45, 7) is 2.13. The average Bonchev–Trinajstić information content (AvgIpc) is 2.83. The van der Waals surface area contributed by atoms with E-state index in [0.29, 0.717) is 0 Å². The third-order valence-corrected chi connectivity index (χ3v) is 3.24. The van der Waals surface area contributed by atoms with Gasteiger partial charge in [-0.05, 0) is 23.6 Å². The standard InChI is InChI=1S/C17H15N/c1-13-12-16(14-8-4-2-5-9-14)18-17(13)15-10-6-3-7-11-15/h2-12,16H,1H3. The Labute approximate surface area is 108 Å². The number of rotatable bonds is 2. The second kappa shape index (κ2) is 4.61. The summed E-state index contributed by atoms with van der Waals surface area (Å²) >= 11 is 0. The number of allylic oxidation sites excluding steroid dienone is 1. The van der Waals surface area contributed by atoms with Crippen molar-refractivity contribution in [3.63, 3.8) is 0 Å². The summed E-state index contributed by atoms with van der Waals surface area (Å²) in [4.78, 5) is 4.83. The molecule has 1 aliphatic rings. The van der Waals surface area contributed by atoms with Gasteiger partial charge in [0.05, 0.1) is 11.8 Å². The second-order valence-corrected chi connectivity index (χ2v) is 4.55. The normalized spacial score (nSPS) is 18.4. The van der Waals surface area contributed by atoms with Gasteiger partial charge in [0.2, 0.25) is 0 Å². The van der Waals surface area contributed by atoms with Crippen molar-refractivity contribution in [2.24, 2.45) is 4.99 Å². The van der Waals surface area contributed by atoms with Crippen molar-refractivity contribution in [2.75, 3.05) is 0 Å². The van der Waals surface area contributed by atoms with Crippen LogP contribution in [0.3, 0.4) is 0 Å². The molecule has 1 heteroatoms. The predicted molar refractivity (Wildman–Crippen MR) is 75.9 cm³/mol. The van der Waals surface area contributed by atoms with Gasteiger partial charge in [-0.15, -0.1) is 0 Å². The Hall–Kier alpha value is -2.15. The van der Waals surface area contributed by atoms with E-state index < -0.39 is 0 Å². The van der Waals surface area contributed by atoms with Crippen LogP contribution in [0.4, 0.5) is 0 Å². The lowest BCUT2D eigenvalue weighted by molar-refractivity contribution is 0.931. The molecule has 1 nitrogen and oxygen atoms in total. The van der Waals surface area contributed by atoms with Crippen molar-refractivity contribution >= 4 is 5.71 Å². The summed E-state index contributed by atoms with van der Waals surface area (Å²) in [6, 6.07) is 21.0. The molecule has 0 aromatic heterocycles. The van der Waals surface area contributed by atoms with Crippen LogP contribution in [0.2, 0.25) is 0 Å². The quantitative estimate of drug-likeness (QED) is 0.738. The molecule has 0 bridgehead atoms. The fourth-order valence-corrected chi connectivity index (χ4v) is 2.31. The van der Waals surface area contributed by atoms with Crippen LogP contribution in [0.5, 0.6) is 0 Å². The Morgan fingerprint density at radius 3 is 2.11 bits per heavy atom. The van der Waals surface area contributed by atoms with Gasteiger partial charge in [0, 0.05) is 0 Å². The minimum atomic E-state index is 0.168. The highest BCUT2D eigenvalue weighted by atomic mass is 14.8. The Bertz CT molecular complexity index is 594. The summed E-state index contributed by atoms with van der Waals surface area (Å²) in [6.07, 6.45) is 2.23. The highest BCUT2D eigenvalue weighted by Gasteiger charge is 2.18. The van der Waals surface area contributed by atoms with Crippen molar-refractivity contribution in [1.29, 1.82) is 0 Å². The van der Waals surface area contributed by atoms with Crippen LogP contribution in [0.25, 0.3) is 0 Å². The number of aliphatic imine (C=N–C) groups is 1. The van der Waals surface area contributed by atoms with Crippen molar-refractivity contribution in [2.45, 2.75) is 13.0 Å². The van der Waals surface area contributed by atoms with Gasteiger partial charge in [-0.3, -0.25) is 4.99 Å². The van der Waals surface area contributed by atoms with Gasteiger partial charge in [0.1, 0.15) is 0 Å². The van der Waals surface area contributed by atoms with E-state index in [1.54, 1.807) is 0 Å². The maximum atomic E-state index is 4.83. The topological polar surface area (TPSA) is 12.4 Å². The van der Waals surface area contributed by atoms with Crippen molar-refractivity contribution in [3.8, 4) is 0 Å². The van der Waals surface area contributed by atoms with Gasteiger partial charge in [-0.1, -0.05) is 66.7 Å². The highest BCUT2D eigenvalue weighted by Crippen LogP contribution is 2.28. The zero-order chi connectivity index (χ0) is 12.4. The van der Waals surface area contributed by atoms with E-state index in [2.05, 4.69) is 61.5 Å². The zero-order valence-corrected chi connectivity index (χ0v) is 10.4. The van der Waals surface area contributed by atoms with Crippen molar-refractivity contribution < 1.29 is 0 Å². The largest absolute Gasteiger partial charge is 0.272 e. The molecule has 1 atom stereocenters. The fraction of sp³-hybridized carbons (Fsp3) is 0.118. The number of hydrogen-bond donors (Lipinski definition) is 0. The van der Waals surface area contributed by atoms with E-state index in [1.807, 2.05) is 12.1 Å². The summed E-state index contributed by atoms with van der Waals surface area (Å²) in [5.74, 6) is 0. The van der Waals surface area contributed by atoms with Crippen LogP contribution in [0.15, 0.2) is 77.3 Å². The fourth-order valence-electron chi connectivity index (χ4n) is 2.31. The summed E-state index contributed by atoms with van der Waals surface area (Å²) in [5, 5.41) is 0. The molecular formula is C17H15N. The minimum absolute atomic E-state index is 0.168. The molecule has 1 aliphatic heterocycles. The molecule has 0 amide bonds. The molecule has 0 radical (unpaired) electrons. The number of hydrogen-bond acceptors (Lipinski definition) is 1. The first-order valence-corrected chi connectivity index (χ1v) is 6.21. The third-order valence-electron chi connectivity index (χ3n) is 3.24. The lowest BCUT2D eigenvalue weighted by atomic mass is 10.0. The number of nitrogens with zero attached hydrogens (tertiary/aromatic N) is 1. The molecule has 0 saturated carbocycles. The molecule has 0 saturated heterocycles. The summed E-state index contributed by atoms with van der Waals surface area (Å²) < 4.78 is 0. The van der Waals surface area contributed by atoms with Crippen LogP contribution in [-0.2, 0) is 0 Å². The van der Waals surface area contributed by atoms with Gasteiger partial charge in [0.15, 0.2) is 0 Å². The molecule has 0 aliphatic carbocycles. The Morgan fingerprint density at radius 2 is 1.44 bits per heavy atom. The maximum Gasteiger partial charge on any atom is 0.0944 e.